The van der Waals surface area contributed by atoms with Crippen molar-refractivity contribution in [3.63, 3.8) is 0 Å². The first-order chi connectivity index (χ1) is 5.81. The Kier molecular flexibility index (Phi) is 9.44. The first-order valence-corrected chi connectivity index (χ1v) is 5.78. The molecule has 0 aliphatic heterocycles. The molecule has 2 nitrogen and oxygen atoms in total. The quantitative estimate of drug-likeness (QED) is 0.434. The molecule has 0 aromatic heterocycles. The molecule has 12 heavy (non-hydrogen) atoms. The number of halogens is 1. The fraction of sp³-hybridized carbons (Fsp3) is 0.889. The maximum absolute atomic E-state index is 10.8. The van der Waals surface area contributed by atoms with E-state index in [0.29, 0.717) is 6.42 Å². The average molecular weight is 283 g/mol. The molecule has 0 fully saturated rings. The molecule has 0 atom stereocenters. The van der Waals surface area contributed by atoms with Gasteiger partial charge in [-0.2, -0.15) is 0 Å². The maximum Gasteiger partial charge on any atom is 0.228 e. The van der Waals surface area contributed by atoms with Crippen molar-refractivity contribution in [3.8, 4) is 0 Å². The zero-order valence-electron chi connectivity index (χ0n) is 7.74. The van der Waals surface area contributed by atoms with E-state index < -0.39 is 0 Å². The van der Waals surface area contributed by atoms with E-state index in [9.17, 15) is 4.79 Å². The van der Waals surface area contributed by atoms with Crippen LogP contribution in [-0.2, 0) is 4.79 Å². The minimum Gasteiger partial charge on any atom is -0.299 e. The highest BCUT2D eigenvalue weighted by atomic mass is 127. The van der Waals surface area contributed by atoms with E-state index in [4.69, 9.17) is 0 Å². The summed E-state index contributed by atoms with van der Waals surface area (Å²) >= 11 is 1.89. The van der Waals surface area contributed by atoms with E-state index in [0.717, 1.165) is 6.42 Å². The van der Waals surface area contributed by atoms with Crippen LogP contribution in [0.5, 0.6) is 0 Å². The summed E-state index contributed by atoms with van der Waals surface area (Å²) in [7, 11) is 0. The monoisotopic (exact) mass is 283 g/mol. The SMILES string of the molecule is CCCCCCCCC(=O)NI. The van der Waals surface area contributed by atoms with Crippen LogP contribution >= 0.6 is 22.9 Å². The van der Waals surface area contributed by atoms with Gasteiger partial charge in [0.1, 0.15) is 0 Å². The van der Waals surface area contributed by atoms with Gasteiger partial charge in [0, 0.05) is 6.42 Å². The van der Waals surface area contributed by atoms with Crippen LogP contribution < -0.4 is 3.53 Å². The molecule has 0 aromatic carbocycles. The number of nitrogens with one attached hydrogen (secondary N) is 1. The molecule has 0 radical (unpaired) electrons. The summed E-state index contributed by atoms with van der Waals surface area (Å²) in [5.74, 6) is 0.158. The Bertz CT molecular complexity index is 117. The van der Waals surface area contributed by atoms with Crippen molar-refractivity contribution < 1.29 is 4.79 Å². The second-order valence-corrected chi connectivity index (χ2v) is 3.57. The molecule has 0 heterocycles. The Labute approximate surface area is 89.0 Å². The van der Waals surface area contributed by atoms with Gasteiger partial charge < -0.3 is 0 Å². The van der Waals surface area contributed by atoms with Gasteiger partial charge in [-0.15, -0.1) is 0 Å². The van der Waals surface area contributed by atoms with Crippen LogP contribution in [0.25, 0.3) is 0 Å². The van der Waals surface area contributed by atoms with Crippen molar-refractivity contribution >= 4 is 28.8 Å². The normalized spacial score (nSPS) is 9.83. The van der Waals surface area contributed by atoms with Crippen molar-refractivity contribution in [1.29, 1.82) is 0 Å². The molecule has 0 saturated heterocycles. The minimum atomic E-state index is 0.158. The largest absolute Gasteiger partial charge is 0.299 e. The molecule has 1 N–H and O–H groups in total. The maximum atomic E-state index is 10.8. The number of amides is 1. The molecule has 0 aliphatic carbocycles. The second-order valence-electron chi connectivity index (χ2n) is 3.04. The average Bonchev–Trinajstić information content (AvgIpc) is 2.10. The van der Waals surface area contributed by atoms with E-state index >= 15 is 0 Å². The number of unbranched alkanes of at least 4 members (excludes halogenated alkanes) is 5. The Balaban J connectivity index is 2.95. The molecule has 0 rings (SSSR count). The van der Waals surface area contributed by atoms with Crippen LogP contribution in [0.3, 0.4) is 0 Å². The predicted octanol–water partition coefficient (Wildman–Crippen LogP) is 3.20. The zero-order valence-corrected chi connectivity index (χ0v) is 9.89. The Morgan fingerprint density at radius 1 is 1.17 bits per heavy atom. The molecule has 0 unspecified atom stereocenters. The van der Waals surface area contributed by atoms with E-state index in [1.165, 1.54) is 32.1 Å². The summed E-state index contributed by atoms with van der Waals surface area (Å²) in [4.78, 5) is 10.8. The Hall–Kier alpha value is 0.200. The van der Waals surface area contributed by atoms with Gasteiger partial charge in [-0.05, 0) is 6.42 Å². The summed E-state index contributed by atoms with van der Waals surface area (Å²) in [6.07, 6.45) is 8.15. The van der Waals surface area contributed by atoms with E-state index in [1.54, 1.807) is 0 Å². The molecular formula is C9H18INO. The lowest BCUT2D eigenvalue weighted by Gasteiger charge is -1.99. The number of hydrogen-bond donors (Lipinski definition) is 1. The lowest BCUT2D eigenvalue weighted by molar-refractivity contribution is -0.118. The molecule has 0 aliphatic rings. The highest BCUT2D eigenvalue weighted by Crippen LogP contribution is 2.06. The summed E-state index contributed by atoms with van der Waals surface area (Å²) in [5, 5.41) is 0. The van der Waals surface area contributed by atoms with Crippen molar-refractivity contribution in [2.24, 2.45) is 0 Å². The number of hydrogen-bond acceptors (Lipinski definition) is 1. The van der Waals surface area contributed by atoms with Crippen LogP contribution in [0.2, 0.25) is 0 Å². The van der Waals surface area contributed by atoms with E-state index in [-0.39, 0.29) is 5.91 Å². The third kappa shape index (κ3) is 8.30. The summed E-state index contributed by atoms with van der Waals surface area (Å²) in [5.41, 5.74) is 0. The number of carbonyl (C=O) groups is 1. The molecule has 0 saturated carbocycles. The van der Waals surface area contributed by atoms with E-state index in [1.807, 2.05) is 22.9 Å². The molecule has 0 bridgehead atoms. The van der Waals surface area contributed by atoms with E-state index in [2.05, 4.69) is 10.5 Å². The Morgan fingerprint density at radius 2 is 1.75 bits per heavy atom. The van der Waals surface area contributed by atoms with Gasteiger partial charge in [-0.25, -0.2) is 0 Å². The summed E-state index contributed by atoms with van der Waals surface area (Å²) < 4.78 is 2.60. The Morgan fingerprint density at radius 3 is 2.33 bits per heavy atom. The molecule has 1 amide bonds. The van der Waals surface area contributed by atoms with Crippen molar-refractivity contribution in [3.05, 3.63) is 0 Å². The smallest absolute Gasteiger partial charge is 0.228 e. The van der Waals surface area contributed by atoms with Gasteiger partial charge in [-0.3, -0.25) is 8.32 Å². The van der Waals surface area contributed by atoms with Crippen LogP contribution in [0.1, 0.15) is 51.9 Å². The standard InChI is InChI=1S/C9H18INO/c1-2-3-4-5-6-7-8-9(12)11-10/h2-8H2,1H3,(H,11,12). The predicted molar refractivity (Wildman–Crippen MR) is 60.2 cm³/mol. The van der Waals surface area contributed by atoms with Gasteiger partial charge >= 0.3 is 0 Å². The van der Waals surface area contributed by atoms with Gasteiger partial charge in [-0.1, -0.05) is 39.0 Å². The first kappa shape index (κ1) is 12.2. The van der Waals surface area contributed by atoms with Gasteiger partial charge in [0.15, 0.2) is 0 Å². The number of rotatable bonds is 7. The van der Waals surface area contributed by atoms with Gasteiger partial charge in [0.25, 0.3) is 0 Å². The van der Waals surface area contributed by atoms with Crippen molar-refractivity contribution in [1.82, 2.24) is 3.53 Å². The lowest BCUT2D eigenvalue weighted by atomic mass is 10.1. The van der Waals surface area contributed by atoms with Crippen LogP contribution in [0.15, 0.2) is 0 Å². The molecule has 0 aromatic rings. The first-order valence-electron chi connectivity index (χ1n) is 4.70. The summed E-state index contributed by atoms with van der Waals surface area (Å²) in [6, 6.07) is 0. The topological polar surface area (TPSA) is 29.1 Å². The third-order valence-electron chi connectivity index (χ3n) is 1.86. The highest BCUT2D eigenvalue weighted by molar-refractivity contribution is 14.1. The van der Waals surface area contributed by atoms with Gasteiger partial charge in [0.2, 0.25) is 5.91 Å². The van der Waals surface area contributed by atoms with Crippen LogP contribution in [0, 0.1) is 0 Å². The van der Waals surface area contributed by atoms with Crippen LogP contribution in [-0.4, -0.2) is 5.91 Å². The van der Waals surface area contributed by atoms with Gasteiger partial charge in [0.05, 0.1) is 22.9 Å². The fourth-order valence-corrected chi connectivity index (χ4v) is 1.38. The summed E-state index contributed by atoms with van der Waals surface area (Å²) in [6.45, 7) is 2.21. The molecule has 72 valence electrons. The molecule has 0 spiro atoms. The lowest BCUT2D eigenvalue weighted by Crippen LogP contribution is -2.10. The molecular weight excluding hydrogens is 265 g/mol. The molecule has 3 heteroatoms. The third-order valence-corrected chi connectivity index (χ3v) is 2.46. The minimum absolute atomic E-state index is 0.158. The van der Waals surface area contributed by atoms with Crippen molar-refractivity contribution in [2.75, 3.05) is 0 Å². The van der Waals surface area contributed by atoms with Crippen LogP contribution in [0.4, 0.5) is 0 Å². The number of carbonyl (C=O) groups excluding carboxylic acids is 1. The highest BCUT2D eigenvalue weighted by Gasteiger charge is 1.97. The fourth-order valence-electron chi connectivity index (χ4n) is 1.11. The second kappa shape index (κ2) is 9.29. The zero-order chi connectivity index (χ0) is 9.23. The van der Waals surface area contributed by atoms with Crippen molar-refractivity contribution in [2.45, 2.75) is 51.9 Å².